The van der Waals surface area contributed by atoms with Crippen LogP contribution in [0.3, 0.4) is 0 Å². The number of methoxy groups -OCH3 is 1. The quantitative estimate of drug-likeness (QED) is 0.574. The van der Waals surface area contributed by atoms with Crippen LogP contribution in [0.5, 0.6) is 0 Å². The Morgan fingerprint density at radius 2 is 2.20 bits per heavy atom. The number of ketones is 1. The van der Waals surface area contributed by atoms with Crippen molar-refractivity contribution in [3.8, 4) is 0 Å². The highest BCUT2D eigenvalue weighted by atomic mass is 79.9. The Kier molecular flexibility index (Phi) is 3.93. The highest BCUT2D eigenvalue weighted by molar-refractivity contribution is 9.09. The Bertz CT molecular complexity index is 273. The van der Waals surface area contributed by atoms with Gasteiger partial charge in [-0.1, -0.05) is 29.8 Å². The van der Waals surface area contributed by atoms with Gasteiger partial charge in [0.1, 0.15) is 5.78 Å². The van der Waals surface area contributed by atoms with Crippen LogP contribution < -0.4 is 0 Å². The van der Waals surface area contributed by atoms with Crippen molar-refractivity contribution in [2.75, 3.05) is 12.4 Å². The molecule has 0 saturated heterocycles. The van der Waals surface area contributed by atoms with Crippen LogP contribution in [0.4, 0.5) is 0 Å². The lowest BCUT2D eigenvalue weighted by Crippen LogP contribution is -2.45. The SMILES string of the molecule is COC(=O)C1C(CBr)C(=O)CCC1(C)C. The summed E-state index contributed by atoms with van der Waals surface area (Å²) in [7, 11) is 1.38. The normalized spacial score (nSPS) is 30.0. The monoisotopic (exact) mass is 276 g/mol. The van der Waals surface area contributed by atoms with Crippen molar-refractivity contribution in [3.05, 3.63) is 0 Å². The lowest BCUT2D eigenvalue weighted by molar-refractivity contribution is -0.158. The van der Waals surface area contributed by atoms with E-state index in [1.165, 1.54) is 7.11 Å². The second kappa shape index (κ2) is 4.64. The number of halogens is 1. The van der Waals surface area contributed by atoms with E-state index in [0.29, 0.717) is 11.8 Å². The number of ether oxygens (including phenoxy) is 1. The summed E-state index contributed by atoms with van der Waals surface area (Å²) in [6, 6.07) is 0. The van der Waals surface area contributed by atoms with Crippen LogP contribution in [-0.4, -0.2) is 24.2 Å². The number of hydrogen-bond acceptors (Lipinski definition) is 3. The Hall–Kier alpha value is -0.380. The molecule has 1 saturated carbocycles. The van der Waals surface area contributed by atoms with Crippen molar-refractivity contribution < 1.29 is 14.3 Å². The highest BCUT2D eigenvalue weighted by Crippen LogP contribution is 2.43. The first-order valence-electron chi connectivity index (χ1n) is 5.10. The third-order valence-electron chi connectivity index (χ3n) is 3.29. The number of Topliss-reactive ketones (excluding diaryl/α,β-unsaturated/α-hetero) is 1. The van der Waals surface area contributed by atoms with Crippen molar-refractivity contribution in [1.82, 2.24) is 0 Å². The predicted molar refractivity (Wildman–Crippen MR) is 60.8 cm³/mol. The van der Waals surface area contributed by atoms with E-state index in [1.54, 1.807) is 0 Å². The molecule has 0 aliphatic heterocycles. The minimum absolute atomic E-state index is 0.153. The fraction of sp³-hybridized carbons (Fsp3) is 0.818. The maximum Gasteiger partial charge on any atom is 0.309 e. The smallest absolute Gasteiger partial charge is 0.309 e. The Morgan fingerprint density at radius 3 is 2.67 bits per heavy atom. The van der Waals surface area contributed by atoms with Crippen LogP contribution in [0.1, 0.15) is 26.7 Å². The van der Waals surface area contributed by atoms with E-state index >= 15 is 0 Å². The molecule has 0 heterocycles. The maximum atomic E-state index is 11.7. The van der Waals surface area contributed by atoms with Gasteiger partial charge in [0.05, 0.1) is 13.0 Å². The molecule has 2 unspecified atom stereocenters. The number of rotatable bonds is 2. The van der Waals surface area contributed by atoms with E-state index in [9.17, 15) is 9.59 Å². The standard InChI is InChI=1S/C11H17BrO3/c1-11(2)5-4-8(13)7(6-12)9(11)10(14)15-3/h7,9H,4-6H2,1-3H3. The minimum atomic E-state index is -0.317. The molecule has 4 heteroatoms. The van der Waals surface area contributed by atoms with E-state index in [1.807, 2.05) is 13.8 Å². The second-order valence-corrected chi connectivity index (χ2v) is 5.36. The molecule has 0 amide bonds. The zero-order valence-electron chi connectivity index (χ0n) is 9.38. The van der Waals surface area contributed by atoms with Gasteiger partial charge in [0.25, 0.3) is 0 Å². The fourth-order valence-electron chi connectivity index (χ4n) is 2.30. The molecule has 15 heavy (non-hydrogen) atoms. The lowest BCUT2D eigenvalue weighted by Gasteiger charge is -2.40. The molecule has 86 valence electrons. The van der Waals surface area contributed by atoms with Gasteiger partial charge >= 0.3 is 5.97 Å². The van der Waals surface area contributed by atoms with E-state index in [0.717, 1.165) is 6.42 Å². The second-order valence-electron chi connectivity index (χ2n) is 4.72. The summed E-state index contributed by atoms with van der Waals surface area (Å²) in [6.07, 6.45) is 1.33. The van der Waals surface area contributed by atoms with Crippen LogP contribution in [0.2, 0.25) is 0 Å². The molecule has 0 spiro atoms. The summed E-state index contributed by atoms with van der Waals surface area (Å²) in [4.78, 5) is 23.4. The van der Waals surface area contributed by atoms with Gasteiger partial charge in [-0.15, -0.1) is 0 Å². The van der Waals surface area contributed by atoms with E-state index in [-0.39, 0.29) is 29.0 Å². The molecule has 0 radical (unpaired) electrons. The van der Waals surface area contributed by atoms with E-state index in [2.05, 4.69) is 15.9 Å². The largest absolute Gasteiger partial charge is 0.469 e. The number of carbonyl (C=O) groups excluding carboxylic acids is 2. The maximum absolute atomic E-state index is 11.7. The molecule has 0 bridgehead atoms. The molecule has 1 aliphatic carbocycles. The number of esters is 1. The highest BCUT2D eigenvalue weighted by Gasteiger charge is 2.47. The Balaban J connectivity index is 2.99. The number of hydrogen-bond donors (Lipinski definition) is 0. The summed E-state index contributed by atoms with van der Waals surface area (Å²) in [5.74, 6) is -0.650. The molecule has 1 fully saturated rings. The van der Waals surface area contributed by atoms with Crippen molar-refractivity contribution in [2.24, 2.45) is 17.3 Å². The van der Waals surface area contributed by atoms with Gasteiger partial charge in [0.15, 0.2) is 0 Å². The average molecular weight is 277 g/mol. The molecule has 1 aliphatic rings. The molecule has 0 N–H and O–H groups in total. The summed E-state index contributed by atoms with van der Waals surface area (Å²) >= 11 is 3.31. The van der Waals surface area contributed by atoms with Crippen LogP contribution in [0.25, 0.3) is 0 Å². The average Bonchev–Trinajstić information content (AvgIpc) is 2.20. The van der Waals surface area contributed by atoms with Gasteiger partial charge < -0.3 is 4.74 Å². The van der Waals surface area contributed by atoms with E-state index in [4.69, 9.17) is 4.74 Å². The van der Waals surface area contributed by atoms with Crippen molar-refractivity contribution >= 4 is 27.7 Å². The third-order valence-corrected chi connectivity index (χ3v) is 3.99. The molecule has 0 aromatic heterocycles. The van der Waals surface area contributed by atoms with Gasteiger partial charge in [-0.05, 0) is 11.8 Å². The first-order chi connectivity index (χ1) is 6.94. The van der Waals surface area contributed by atoms with Gasteiger partial charge in [-0.2, -0.15) is 0 Å². The molecule has 2 atom stereocenters. The molecule has 0 aromatic rings. The van der Waals surface area contributed by atoms with Gasteiger partial charge in [-0.3, -0.25) is 9.59 Å². The fourth-order valence-corrected chi connectivity index (χ4v) is 3.04. The molecular formula is C11H17BrO3. The predicted octanol–water partition coefficient (Wildman–Crippen LogP) is 2.18. The van der Waals surface area contributed by atoms with Crippen molar-refractivity contribution in [3.63, 3.8) is 0 Å². The van der Waals surface area contributed by atoms with Gasteiger partial charge in [-0.25, -0.2) is 0 Å². The Labute approximate surface area is 98.7 Å². The minimum Gasteiger partial charge on any atom is -0.469 e. The van der Waals surface area contributed by atoms with Crippen LogP contribution >= 0.6 is 15.9 Å². The first kappa shape index (κ1) is 12.7. The van der Waals surface area contributed by atoms with E-state index < -0.39 is 0 Å². The molecule has 3 nitrogen and oxygen atoms in total. The first-order valence-corrected chi connectivity index (χ1v) is 6.22. The zero-order valence-corrected chi connectivity index (χ0v) is 11.0. The van der Waals surface area contributed by atoms with Gasteiger partial charge in [0.2, 0.25) is 0 Å². The topological polar surface area (TPSA) is 43.4 Å². The summed E-state index contributed by atoms with van der Waals surface area (Å²) in [5, 5.41) is 0.537. The summed E-state index contributed by atoms with van der Waals surface area (Å²) < 4.78 is 4.79. The molecular weight excluding hydrogens is 260 g/mol. The van der Waals surface area contributed by atoms with Gasteiger partial charge in [0, 0.05) is 17.7 Å². The Morgan fingerprint density at radius 1 is 1.60 bits per heavy atom. The third kappa shape index (κ3) is 2.41. The van der Waals surface area contributed by atoms with Crippen LogP contribution in [0.15, 0.2) is 0 Å². The lowest BCUT2D eigenvalue weighted by atomic mass is 9.63. The molecule has 1 rings (SSSR count). The molecule has 0 aromatic carbocycles. The summed E-state index contributed by atoms with van der Waals surface area (Å²) in [6.45, 7) is 4.05. The summed E-state index contributed by atoms with van der Waals surface area (Å²) in [5.41, 5.74) is -0.153. The van der Waals surface area contributed by atoms with Crippen LogP contribution in [0, 0.1) is 17.3 Å². The number of alkyl halides is 1. The van der Waals surface area contributed by atoms with Crippen molar-refractivity contribution in [1.29, 1.82) is 0 Å². The zero-order chi connectivity index (χ0) is 11.6. The number of carbonyl (C=O) groups is 2. The van der Waals surface area contributed by atoms with Crippen LogP contribution in [-0.2, 0) is 14.3 Å². The van der Waals surface area contributed by atoms with Crippen molar-refractivity contribution in [2.45, 2.75) is 26.7 Å².